The fourth-order valence-electron chi connectivity index (χ4n) is 6.24. The monoisotopic (exact) mass is 610 g/mol. The maximum absolute atomic E-state index is 15.1. The first-order valence-electron chi connectivity index (χ1n) is 15.6. The minimum atomic E-state index is -0.698. The fraction of sp³-hybridized carbons (Fsp3) is 0.548. The van der Waals surface area contributed by atoms with E-state index in [1.807, 2.05) is 11.8 Å². The van der Waals surface area contributed by atoms with Gasteiger partial charge in [-0.1, -0.05) is 19.3 Å². The van der Waals surface area contributed by atoms with Gasteiger partial charge in [-0.3, -0.25) is 10.00 Å². The van der Waals surface area contributed by atoms with E-state index < -0.39 is 11.6 Å². The average molecular weight is 611 g/mol. The molecule has 0 spiro atoms. The highest BCUT2D eigenvalue weighted by Gasteiger charge is 2.33. The molecule has 2 aliphatic carbocycles. The van der Waals surface area contributed by atoms with Crippen LogP contribution in [0.3, 0.4) is 0 Å². The molecule has 3 aromatic rings. The number of nitrogen functional groups attached to an aromatic ring is 1. The van der Waals surface area contributed by atoms with Crippen LogP contribution >= 0.6 is 0 Å². The number of carbonyl (C=O) groups is 1. The molecule has 44 heavy (non-hydrogen) atoms. The largest absolute Gasteiger partial charge is 0.494 e. The van der Waals surface area contributed by atoms with Gasteiger partial charge in [-0.15, -0.1) is 0 Å². The highest BCUT2D eigenvalue weighted by Crippen LogP contribution is 2.44. The molecule has 0 radical (unpaired) electrons. The Kier molecular flexibility index (Phi) is 8.83. The quantitative estimate of drug-likeness (QED) is 0.304. The van der Waals surface area contributed by atoms with Gasteiger partial charge < -0.3 is 25.4 Å². The second-order valence-corrected chi connectivity index (χ2v) is 11.8. The molecule has 13 heteroatoms. The Morgan fingerprint density at radius 2 is 1.80 bits per heavy atom. The zero-order valence-electron chi connectivity index (χ0n) is 25.3. The number of urea groups is 1. The summed E-state index contributed by atoms with van der Waals surface area (Å²) in [6, 6.07) is 2.15. The van der Waals surface area contributed by atoms with Crippen LogP contribution in [0, 0.1) is 18.6 Å². The van der Waals surface area contributed by atoms with Gasteiger partial charge in [0.2, 0.25) is 0 Å². The number of nitrogens with zero attached hydrogens (tertiary/aromatic N) is 5. The summed E-state index contributed by atoms with van der Waals surface area (Å²) in [5, 5.41) is 10.8. The lowest BCUT2D eigenvalue weighted by molar-refractivity contribution is 0.123. The lowest BCUT2D eigenvalue weighted by atomic mass is 9.96. The molecule has 0 bridgehead atoms. The number of benzene rings is 1. The number of ether oxygens (including phenoxy) is 2. The predicted molar refractivity (Wildman–Crippen MR) is 163 cm³/mol. The van der Waals surface area contributed by atoms with E-state index >= 15 is 8.78 Å². The zero-order chi connectivity index (χ0) is 30.8. The van der Waals surface area contributed by atoms with Crippen molar-refractivity contribution in [3.63, 3.8) is 0 Å². The number of nitrogens with two attached hydrogens (primary N) is 1. The Labute approximate surface area is 255 Å². The smallest absolute Gasteiger partial charge is 0.320 e. The normalized spacial score (nSPS) is 17.5. The van der Waals surface area contributed by atoms with Crippen LogP contribution in [0.5, 0.6) is 5.75 Å². The molecule has 2 amide bonds. The van der Waals surface area contributed by atoms with Crippen molar-refractivity contribution in [2.75, 3.05) is 48.9 Å². The number of amides is 2. The number of rotatable bonds is 9. The maximum Gasteiger partial charge on any atom is 0.320 e. The van der Waals surface area contributed by atoms with Crippen LogP contribution in [-0.2, 0) is 11.3 Å². The Hall–Kier alpha value is -4.00. The third-order valence-corrected chi connectivity index (χ3v) is 8.56. The minimum Gasteiger partial charge on any atom is -0.494 e. The Bertz CT molecular complexity index is 1490. The second-order valence-electron chi connectivity index (χ2n) is 11.8. The first kappa shape index (κ1) is 30.0. The minimum absolute atomic E-state index is 0.103. The molecule has 1 saturated heterocycles. The molecule has 0 unspecified atom stereocenters. The molecular formula is C31H40F2N8O3. The molecule has 4 N–H and O–H groups in total. The topological polar surface area (TPSA) is 132 Å². The summed E-state index contributed by atoms with van der Waals surface area (Å²) in [5.41, 5.74) is 9.16. The third-order valence-electron chi connectivity index (χ3n) is 8.56. The Morgan fingerprint density at radius 1 is 1.09 bits per heavy atom. The van der Waals surface area contributed by atoms with Gasteiger partial charge in [-0.05, 0) is 39.5 Å². The molecule has 3 heterocycles. The molecule has 3 fully saturated rings. The van der Waals surface area contributed by atoms with Gasteiger partial charge in [0.1, 0.15) is 28.8 Å². The van der Waals surface area contributed by atoms with Crippen molar-refractivity contribution in [3.05, 3.63) is 40.6 Å². The third kappa shape index (κ3) is 6.42. The summed E-state index contributed by atoms with van der Waals surface area (Å²) in [7, 11) is 0. The van der Waals surface area contributed by atoms with E-state index in [-0.39, 0.29) is 53.3 Å². The lowest BCUT2D eigenvalue weighted by Gasteiger charge is -2.31. The molecule has 11 nitrogen and oxygen atoms in total. The number of aromatic nitrogens is 4. The molecule has 2 aromatic heterocycles. The molecule has 6 rings (SSSR count). The Morgan fingerprint density at radius 3 is 2.45 bits per heavy atom. The van der Waals surface area contributed by atoms with Crippen molar-refractivity contribution in [2.45, 2.75) is 77.3 Å². The lowest BCUT2D eigenvalue weighted by Crippen LogP contribution is -2.41. The summed E-state index contributed by atoms with van der Waals surface area (Å²) in [5.74, 6) is -0.315. The summed E-state index contributed by atoms with van der Waals surface area (Å²) < 4.78 is 42.6. The van der Waals surface area contributed by atoms with Crippen LogP contribution in [0.15, 0.2) is 12.1 Å². The molecule has 1 aliphatic heterocycles. The predicted octanol–water partition coefficient (Wildman–Crippen LogP) is 5.12. The number of hydrogen-bond donors (Lipinski definition) is 3. The summed E-state index contributed by atoms with van der Waals surface area (Å²) in [6.07, 6.45) is 7.14. The first-order chi connectivity index (χ1) is 21.3. The van der Waals surface area contributed by atoms with E-state index in [0.29, 0.717) is 44.3 Å². The van der Waals surface area contributed by atoms with Crippen molar-refractivity contribution < 1.29 is 23.0 Å². The van der Waals surface area contributed by atoms with E-state index in [2.05, 4.69) is 15.6 Å². The van der Waals surface area contributed by atoms with E-state index in [1.54, 1.807) is 11.6 Å². The highest BCUT2D eigenvalue weighted by atomic mass is 19.1. The van der Waals surface area contributed by atoms with Crippen molar-refractivity contribution in [1.82, 2.24) is 25.1 Å². The molecule has 3 aliphatic rings. The fourth-order valence-corrected chi connectivity index (χ4v) is 6.24. The van der Waals surface area contributed by atoms with Crippen LogP contribution in [0.2, 0.25) is 0 Å². The van der Waals surface area contributed by atoms with Gasteiger partial charge in [0.15, 0.2) is 17.5 Å². The van der Waals surface area contributed by atoms with Gasteiger partial charge in [0.25, 0.3) is 0 Å². The molecule has 2 saturated carbocycles. The van der Waals surface area contributed by atoms with Crippen molar-refractivity contribution >= 4 is 23.4 Å². The van der Waals surface area contributed by atoms with Gasteiger partial charge in [-0.2, -0.15) is 5.10 Å². The zero-order valence-corrected chi connectivity index (χ0v) is 25.3. The van der Waals surface area contributed by atoms with Crippen LogP contribution in [0.25, 0.3) is 11.5 Å². The van der Waals surface area contributed by atoms with Gasteiger partial charge >= 0.3 is 6.03 Å². The SMILES string of the molecule is CCOc1cc(F)c(Cn2nc(-c3nc(N)c(N4CCOCC4)c(NC(=O)NC4CCCCC4)n3)c(C)c2C2CC2)c(F)c1. The molecular weight excluding hydrogens is 570 g/mol. The number of hydrogen-bond acceptors (Lipinski definition) is 8. The summed E-state index contributed by atoms with van der Waals surface area (Å²) >= 11 is 0. The maximum atomic E-state index is 15.1. The number of halogens is 2. The molecule has 1 aromatic carbocycles. The Balaban J connectivity index is 1.36. The average Bonchev–Trinajstić information content (AvgIpc) is 3.78. The van der Waals surface area contributed by atoms with E-state index in [1.165, 1.54) is 18.6 Å². The first-order valence-corrected chi connectivity index (χ1v) is 15.6. The van der Waals surface area contributed by atoms with E-state index in [0.717, 1.165) is 49.8 Å². The standard InChI is InChI=1S/C31H40F2N8O3/c1-3-44-21-15-23(32)22(24(33)16-21)17-41-26(19-9-10-19)18(2)25(39-41)29-36-28(34)27(40-11-13-43-14-12-40)30(37-29)38-31(42)35-20-7-5-4-6-8-20/h15-16,19-20H,3-14,17H2,1-2H3,(H4,34,35,36,37,38,42). The molecule has 0 atom stereocenters. The van der Waals surface area contributed by atoms with Gasteiger partial charge in [0, 0.05) is 54.0 Å². The van der Waals surface area contributed by atoms with Crippen molar-refractivity contribution in [1.29, 1.82) is 0 Å². The van der Waals surface area contributed by atoms with Crippen molar-refractivity contribution in [2.24, 2.45) is 0 Å². The second kappa shape index (κ2) is 12.9. The van der Waals surface area contributed by atoms with Gasteiger partial charge in [0.05, 0.1) is 26.4 Å². The summed E-state index contributed by atoms with van der Waals surface area (Å²) in [4.78, 5) is 24.6. The summed E-state index contributed by atoms with van der Waals surface area (Å²) in [6.45, 7) is 6.05. The van der Waals surface area contributed by atoms with Crippen LogP contribution in [0.4, 0.5) is 30.9 Å². The van der Waals surface area contributed by atoms with Gasteiger partial charge in [-0.25, -0.2) is 23.5 Å². The number of nitrogens with one attached hydrogen (secondary N) is 2. The number of carbonyl (C=O) groups excluding carboxylic acids is 1. The highest BCUT2D eigenvalue weighted by molar-refractivity contribution is 5.94. The molecule has 236 valence electrons. The number of anilines is 3. The van der Waals surface area contributed by atoms with E-state index in [4.69, 9.17) is 25.3 Å². The van der Waals surface area contributed by atoms with Crippen molar-refractivity contribution in [3.8, 4) is 17.3 Å². The van der Waals surface area contributed by atoms with E-state index in [9.17, 15) is 4.79 Å². The van der Waals surface area contributed by atoms with Crippen LogP contribution in [-0.4, -0.2) is 64.7 Å². The van der Waals surface area contributed by atoms with Crippen LogP contribution in [0.1, 0.15) is 74.6 Å². The van der Waals surface area contributed by atoms with Crippen LogP contribution < -0.4 is 26.0 Å². The number of morpholine rings is 1.